The zero-order valence-electron chi connectivity index (χ0n) is 5.47. The van der Waals surface area contributed by atoms with E-state index in [1.165, 1.54) is 6.92 Å². The van der Waals surface area contributed by atoms with Gasteiger partial charge in [0.05, 0.1) is 0 Å². The van der Waals surface area contributed by atoms with Crippen LogP contribution < -0.4 is 0 Å². The summed E-state index contributed by atoms with van der Waals surface area (Å²) in [5, 5.41) is 21.6. The van der Waals surface area contributed by atoms with Gasteiger partial charge >= 0.3 is 0 Å². The maximum absolute atomic E-state index is 10.4. The normalized spacial score (nSPS) is 8.60. The first-order valence-corrected chi connectivity index (χ1v) is 2.53. The van der Waals surface area contributed by atoms with Gasteiger partial charge in [0.2, 0.25) is 5.78 Å². The molecule has 0 atom stereocenters. The first-order valence-electron chi connectivity index (χ1n) is 2.53. The van der Waals surface area contributed by atoms with Crippen LogP contribution in [0.1, 0.15) is 6.92 Å². The topological polar surface area (TPSA) is 94.2 Å². The van der Waals surface area contributed by atoms with E-state index in [1.54, 1.807) is 0 Å². The van der Waals surface area contributed by atoms with Gasteiger partial charge < -0.3 is 9.84 Å². The summed E-state index contributed by atoms with van der Waals surface area (Å²) >= 11 is 0. The van der Waals surface area contributed by atoms with Crippen molar-refractivity contribution in [3.8, 4) is 0 Å². The molecule has 0 amide bonds. The molecule has 0 aromatic heterocycles. The fourth-order valence-electron chi connectivity index (χ4n) is 0.282. The minimum Gasteiger partial charge on any atom is -0.422 e. The Morgan fingerprint density at radius 2 is 2.10 bits per heavy atom. The van der Waals surface area contributed by atoms with E-state index in [4.69, 9.17) is 15.9 Å². The molecule has 0 aliphatic carbocycles. The quantitative estimate of drug-likeness (QED) is 0.361. The molecule has 0 fully saturated rings. The van der Waals surface area contributed by atoms with Gasteiger partial charge in [0, 0.05) is 6.92 Å². The fourth-order valence-corrected chi connectivity index (χ4v) is 0.282. The van der Waals surface area contributed by atoms with Gasteiger partial charge in [-0.3, -0.25) is 15.6 Å². The van der Waals surface area contributed by atoms with Gasteiger partial charge in [-0.2, -0.15) is 0 Å². The van der Waals surface area contributed by atoms with E-state index in [1.807, 2.05) is 0 Å². The second-order valence-corrected chi connectivity index (χ2v) is 1.57. The van der Waals surface area contributed by atoms with Gasteiger partial charge in [0.25, 0.3) is 5.90 Å². The number of aliphatic hydroxyl groups excluding tert-OH is 1. The van der Waals surface area contributed by atoms with Gasteiger partial charge in [-0.25, -0.2) is 0 Å². The predicted octanol–water partition coefficient (Wildman–Crippen LogP) is -0.461. The van der Waals surface area contributed by atoms with E-state index >= 15 is 0 Å². The number of carbonyl (C=O) groups is 1. The van der Waals surface area contributed by atoms with Crippen molar-refractivity contribution in [2.75, 3.05) is 6.61 Å². The van der Waals surface area contributed by atoms with Crippen molar-refractivity contribution in [3.05, 3.63) is 0 Å². The van der Waals surface area contributed by atoms with Gasteiger partial charge in [0.15, 0.2) is 5.90 Å². The molecule has 0 saturated carbocycles. The summed E-state index contributed by atoms with van der Waals surface area (Å²) in [5.41, 5.74) is 0. The lowest BCUT2D eigenvalue weighted by Gasteiger charge is -1.99. The van der Waals surface area contributed by atoms with Crippen LogP contribution in [0.15, 0.2) is 0 Å². The molecule has 56 valence electrons. The number of nitrogens with one attached hydrogen (secondary N) is 2. The molecule has 0 aliphatic rings. The average Bonchev–Trinajstić information content (AvgIpc) is 1.85. The second-order valence-electron chi connectivity index (χ2n) is 1.57. The molecule has 0 unspecified atom stereocenters. The highest BCUT2D eigenvalue weighted by molar-refractivity contribution is 6.37. The molecular weight excluding hydrogens is 136 g/mol. The van der Waals surface area contributed by atoms with Crippen molar-refractivity contribution in [3.63, 3.8) is 0 Å². The summed E-state index contributed by atoms with van der Waals surface area (Å²) < 4.78 is 4.26. The number of hydrogen-bond acceptors (Lipinski definition) is 5. The van der Waals surface area contributed by atoms with Crippen LogP contribution in [-0.4, -0.2) is 29.3 Å². The molecule has 0 heterocycles. The van der Waals surface area contributed by atoms with Crippen LogP contribution in [-0.2, 0) is 9.53 Å². The minimum atomic E-state index is -0.827. The lowest BCUT2D eigenvalue weighted by Crippen LogP contribution is -2.21. The van der Waals surface area contributed by atoms with Gasteiger partial charge in [0.1, 0.15) is 6.61 Å². The zero-order valence-corrected chi connectivity index (χ0v) is 5.47. The van der Waals surface area contributed by atoms with Crippen LogP contribution in [0.3, 0.4) is 0 Å². The van der Waals surface area contributed by atoms with E-state index < -0.39 is 18.3 Å². The Hall–Kier alpha value is -1.23. The van der Waals surface area contributed by atoms with E-state index in [-0.39, 0.29) is 5.90 Å². The van der Waals surface area contributed by atoms with Crippen LogP contribution in [0, 0.1) is 10.8 Å². The number of rotatable bonds is 2. The SMILES string of the molecule is CC(=N)OC(=N)C(=O)CO. The van der Waals surface area contributed by atoms with Gasteiger partial charge in [-0.05, 0) is 0 Å². The molecule has 0 aromatic rings. The van der Waals surface area contributed by atoms with Gasteiger partial charge in [-0.15, -0.1) is 0 Å². The highest BCUT2D eigenvalue weighted by Crippen LogP contribution is 1.82. The molecule has 0 spiro atoms. The van der Waals surface area contributed by atoms with Crippen LogP contribution in [0.4, 0.5) is 0 Å². The first-order chi connectivity index (χ1) is 4.57. The molecule has 5 heteroatoms. The third kappa shape index (κ3) is 2.93. The summed E-state index contributed by atoms with van der Waals surface area (Å²) in [6, 6.07) is 0. The summed E-state index contributed by atoms with van der Waals surface area (Å²) in [6.45, 7) is 0.533. The van der Waals surface area contributed by atoms with Crippen molar-refractivity contribution < 1.29 is 14.6 Å². The number of ether oxygens (including phenoxy) is 1. The monoisotopic (exact) mass is 144 g/mol. The Labute approximate surface area is 57.6 Å². The highest BCUT2D eigenvalue weighted by Gasteiger charge is 2.09. The lowest BCUT2D eigenvalue weighted by molar-refractivity contribution is -0.116. The molecule has 5 nitrogen and oxygen atoms in total. The summed E-state index contributed by atoms with van der Waals surface area (Å²) in [5.74, 6) is -1.77. The zero-order chi connectivity index (χ0) is 8.15. The molecule has 10 heavy (non-hydrogen) atoms. The molecule has 0 saturated heterocycles. The first kappa shape index (κ1) is 8.77. The van der Waals surface area contributed by atoms with Crippen LogP contribution in [0.5, 0.6) is 0 Å². The number of hydrogen-bond donors (Lipinski definition) is 3. The molecule has 0 radical (unpaired) electrons. The van der Waals surface area contributed by atoms with E-state index in [0.717, 1.165) is 0 Å². The maximum atomic E-state index is 10.4. The Balaban J connectivity index is 3.86. The largest absolute Gasteiger partial charge is 0.422 e. The van der Waals surface area contributed by atoms with Crippen molar-refractivity contribution in [2.24, 2.45) is 0 Å². The smallest absolute Gasteiger partial charge is 0.259 e. The minimum absolute atomic E-state index is 0.244. The molecule has 0 aliphatic heterocycles. The second kappa shape index (κ2) is 3.73. The summed E-state index contributed by atoms with van der Waals surface area (Å²) in [6.07, 6.45) is 0. The van der Waals surface area contributed by atoms with Crippen LogP contribution >= 0.6 is 0 Å². The number of carbonyl (C=O) groups excluding carboxylic acids is 1. The van der Waals surface area contributed by atoms with E-state index in [0.29, 0.717) is 0 Å². The van der Waals surface area contributed by atoms with E-state index in [2.05, 4.69) is 4.74 Å². The third-order valence-electron chi connectivity index (χ3n) is 0.652. The van der Waals surface area contributed by atoms with Crippen molar-refractivity contribution in [1.82, 2.24) is 0 Å². The molecular formula is C5H8N2O3. The number of Topliss-reactive ketones (excluding diaryl/α,β-unsaturated/α-hetero) is 1. The van der Waals surface area contributed by atoms with E-state index in [9.17, 15) is 4.79 Å². The Kier molecular flexibility index (Phi) is 3.27. The molecule has 0 aromatic carbocycles. The van der Waals surface area contributed by atoms with Crippen molar-refractivity contribution in [2.45, 2.75) is 6.92 Å². The Bertz CT molecular complexity index is 176. The van der Waals surface area contributed by atoms with Crippen molar-refractivity contribution >= 4 is 17.6 Å². The predicted molar refractivity (Wildman–Crippen MR) is 34.3 cm³/mol. The number of ketones is 1. The highest BCUT2D eigenvalue weighted by atomic mass is 16.5. The number of aliphatic hydroxyl groups is 1. The molecule has 0 rings (SSSR count). The maximum Gasteiger partial charge on any atom is 0.259 e. The standard InChI is InChI=1S/C5H8N2O3/c1-3(6)10-5(7)4(9)2-8/h6-8H,2H2,1H3. The van der Waals surface area contributed by atoms with Gasteiger partial charge in [-0.1, -0.05) is 0 Å². The average molecular weight is 144 g/mol. The van der Waals surface area contributed by atoms with Crippen LogP contribution in [0.25, 0.3) is 0 Å². The van der Waals surface area contributed by atoms with Crippen molar-refractivity contribution in [1.29, 1.82) is 10.8 Å². The summed E-state index contributed by atoms with van der Waals surface area (Å²) in [4.78, 5) is 10.4. The molecule has 3 N–H and O–H groups in total. The Morgan fingerprint density at radius 1 is 1.60 bits per heavy atom. The molecule has 0 bridgehead atoms. The summed E-state index contributed by atoms with van der Waals surface area (Å²) in [7, 11) is 0. The fraction of sp³-hybridized carbons (Fsp3) is 0.400. The Morgan fingerprint density at radius 3 is 2.40 bits per heavy atom. The van der Waals surface area contributed by atoms with Crippen LogP contribution in [0.2, 0.25) is 0 Å². The lowest BCUT2D eigenvalue weighted by atomic mass is 10.4. The third-order valence-corrected chi connectivity index (χ3v) is 0.652.